The second kappa shape index (κ2) is 10.9. The van der Waals surface area contributed by atoms with Gasteiger partial charge in [-0.3, -0.25) is 14.4 Å². The summed E-state index contributed by atoms with van der Waals surface area (Å²) in [4.78, 5) is 46.7. The van der Waals surface area contributed by atoms with E-state index in [2.05, 4.69) is 5.32 Å². The molecular formula is C22H24N2O7. The summed E-state index contributed by atoms with van der Waals surface area (Å²) in [5, 5.41) is 12.0. The highest BCUT2D eigenvalue weighted by Gasteiger charge is 2.24. The van der Waals surface area contributed by atoms with E-state index in [1.165, 1.54) is 32.0 Å². The Morgan fingerprint density at radius 1 is 0.903 bits per heavy atom. The summed E-state index contributed by atoms with van der Waals surface area (Å²) in [7, 11) is 0. The number of carboxylic acids is 1. The topological polar surface area (TPSA) is 145 Å². The molecule has 2 aromatic rings. The summed E-state index contributed by atoms with van der Waals surface area (Å²) in [5.74, 6) is -3.11. The summed E-state index contributed by atoms with van der Waals surface area (Å²) in [5.41, 5.74) is 7.22. The van der Waals surface area contributed by atoms with Crippen molar-refractivity contribution in [3.8, 4) is 11.5 Å². The minimum absolute atomic E-state index is 0.0206. The molecule has 0 saturated heterocycles. The normalized spacial score (nSPS) is 12.4. The van der Waals surface area contributed by atoms with Gasteiger partial charge in [0.15, 0.2) is 11.5 Å². The highest BCUT2D eigenvalue weighted by Crippen LogP contribution is 2.29. The molecule has 0 aromatic heterocycles. The van der Waals surface area contributed by atoms with Crippen LogP contribution in [0.2, 0.25) is 0 Å². The number of amides is 1. The zero-order valence-electron chi connectivity index (χ0n) is 17.2. The molecule has 0 radical (unpaired) electrons. The third-order valence-corrected chi connectivity index (χ3v) is 4.21. The van der Waals surface area contributed by atoms with Crippen LogP contribution in [0.15, 0.2) is 48.5 Å². The maximum absolute atomic E-state index is 12.4. The molecule has 0 unspecified atom stereocenters. The number of ether oxygens (including phenoxy) is 2. The number of hydrogen-bond donors (Lipinski definition) is 3. The van der Waals surface area contributed by atoms with E-state index in [0.29, 0.717) is 5.56 Å². The van der Waals surface area contributed by atoms with Crippen LogP contribution in [-0.2, 0) is 32.0 Å². The molecule has 0 spiro atoms. The molecule has 9 heteroatoms. The van der Waals surface area contributed by atoms with Crippen molar-refractivity contribution < 1.29 is 33.8 Å². The van der Waals surface area contributed by atoms with Crippen molar-refractivity contribution in [2.24, 2.45) is 5.73 Å². The molecule has 31 heavy (non-hydrogen) atoms. The molecule has 2 aromatic carbocycles. The second-order valence-electron chi connectivity index (χ2n) is 6.87. The molecule has 1 amide bonds. The summed E-state index contributed by atoms with van der Waals surface area (Å²) < 4.78 is 10.0. The molecule has 164 valence electrons. The van der Waals surface area contributed by atoms with Gasteiger partial charge in [-0.15, -0.1) is 0 Å². The molecule has 4 N–H and O–H groups in total. The molecule has 2 atom stereocenters. The maximum Gasteiger partial charge on any atom is 0.326 e. The van der Waals surface area contributed by atoms with Gasteiger partial charge in [0.05, 0.1) is 6.04 Å². The van der Waals surface area contributed by atoms with Gasteiger partial charge in [0.2, 0.25) is 5.91 Å². The lowest BCUT2D eigenvalue weighted by atomic mass is 10.0. The van der Waals surface area contributed by atoms with E-state index in [1.807, 2.05) is 30.3 Å². The van der Waals surface area contributed by atoms with Crippen molar-refractivity contribution in [3.05, 3.63) is 59.7 Å². The van der Waals surface area contributed by atoms with Crippen molar-refractivity contribution in [2.45, 2.75) is 38.8 Å². The summed E-state index contributed by atoms with van der Waals surface area (Å²) >= 11 is 0. The van der Waals surface area contributed by atoms with Gasteiger partial charge >= 0.3 is 17.9 Å². The van der Waals surface area contributed by atoms with Gasteiger partial charge in [-0.25, -0.2) is 4.79 Å². The first-order chi connectivity index (χ1) is 14.7. The number of esters is 2. The van der Waals surface area contributed by atoms with Gasteiger partial charge in [-0.2, -0.15) is 0 Å². The average molecular weight is 428 g/mol. The quantitative estimate of drug-likeness (QED) is 0.399. The number of carbonyl (C=O) groups is 4. The van der Waals surface area contributed by atoms with Crippen LogP contribution in [0, 0.1) is 0 Å². The predicted molar refractivity (Wildman–Crippen MR) is 110 cm³/mol. The Morgan fingerprint density at radius 3 is 2.10 bits per heavy atom. The van der Waals surface area contributed by atoms with E-state index < -0.39 is 35.9 Å². The Hall–Kier alpha value is -3.72. The van der Waals surface area contributed by atoms with E-state index in [0.717, 1.165) is 5.56 Å². The fourth-order valence-corrected chi connectivity index (χ4v) is 2.83. The van der Waals surface area contributed by atoms with Crippen molar-refractivity contribution >= 4 is 23.8 Å². The predicted octanol–water partition coefficient (Wildman–Crippen LogP) is 1.22. The largest absolute Gasteiger partial charge is 0.480 e. The van der Waals surface area contributed by atoms with Gasteiger partial charge in [-0.1, -0.05) is 36.4 Å². The van der Waals surface area contributed by atoms with E-state index in [4.69, 9.17) is 15.2 Å². The Labute approximate surface area is 179 Å². The van der Waals surface area contributed by atoms with Crippen LogP contribution in [0.25, 0.3) is 0 Å². The van der Waals surface area contributed by atoms with Crippen LogP contribution >= 0.6 is 0 Å². The highest BCUT2D eigenvalue weighted by atomic mass is 16.6. The smallest absolute Gasteiger partial charge is 0.326 e. The Kier molecular flexibility index (Phi) is 8.27. The molecule has 9 nitrogen and oxygen atoms in total. The summed E-state index contributed by atoms with van der Waals surface area (Å²) in [6.07, 6.45) is 0.153. The van der Waals surface area contributed by atoms with Crippen molar-refractivity contribution in [2.75, 3.05) is 0 Å². The lowest BCUT2D eigenvalue weighted by Gasteiger charge is -2.19. The number of nitrogens with one attached hydrogen (secondary N) is 1. The van der Waals surface area contributed by atoms with Crippen LogP contribution in [0.1, 0.15) is 25.0 Å². The van der Waals surface area contributed by atoms with Crippen LogP contribution in [0.5, 0.6) is 11.5 Å². The highest BCUT2D eigenvalue weighted by molar-refractivity contribution is 5.87. The van der Waals surface area contributed by atoms with Gasteiger partial charge in [0, 0.05) is 20.3 Å². The Morgan fingerprint density at radius 2 is 1.52 bits per heavy atom. The van der Waals surface area contributed by atoms with Crippen molar-refractivity contribution in [1.29, 1.82) is 0 Å². The van der Waals surface area contributed by atoms with Crippen LogP contribution in [-0.4, -0.2) is 41.0 Å². The Balaban J connectivity index is 2.13. The van der Waals surface area contributed by atoms with Crippen LogP contribution in [0.4, 0.5) is 0 Å². The van der Waals surface area contributed by atoms with Gasteiger partial charge in [0.25, 0.3) is 0 Å². The SMILES string of the molecule is CC(=O)Oc1ccc(C[C@H](NC(=O)[C@@H](N)Cc2ccccc2)C(=O)O)cc1OC(C)=O. The molecule has 0 aliphatic rings. The van der Waals surface area contributed by atoms with Gasteiger partial charge in [0.1, 0.15) is 6.04 Å². The number of benzene rings is 2. The maximum atomic E-state index is 12.4. The second-order valence-corrected chi connectivity index (χ2v) is 6.87. The number of carbonyl (C=O) groups excluding carboxylic acids is 3. The van der Waals surface area contributed by atoms with E-state index in [1.54, 1.807) is 0 Å². The van der Waals surface area contributed by atoms with E-state index >= 15 is 0 Å². The van der Waals surface area contributed by atoms with Crippen molar-refractivity contribution in [1.82, 2.24) is 5.32 Å². The molecule has 0 saturated carbocycles. The van der Waals surface area contributed by atoms with Gasteiger partial charge in [-0.05, 0) is 29.7 Å². The summed E-state index contributed by atoms with van der Waals surface area (Å²) in [6.45, 7) is 2.37. The zero-order chi connectivity index (χ0) is 23.0. The molecule has 0 fully saturated rings. The molecule has 0 heterocycles. The summed E-state index contributed by atoms with van der Waals surface area (Å²) in [6, 6.07) is 11.2. The molecule has 0 aliphatic carbocycles. The lowest BCUT2D eigenvalue weighted by molar-refractivity contribution is -0.142. The lowest BCUT2D eigenvalue weighted by Crippen LogP contribution is -2.50. The molecule has 2 rings (SSSR count). The molecule has 0 bridgehead atoms. The monoisotopic (exact) mass is 428 g/mol. The van der Waals surface area contributed by atoms with Crippen molar-refractivity contribution in [3.63, 3.8) is 0 Å². The number of rotatable bonds is 9. The zero-order valence-corrected chi connectivity index (χ0v) is 17.2. The van der Waals surface area contributed by atoms with Gasteiger partial charge < -0.3 is 25.6 Å². The first-order valence-corrected chi connectivity index (χ1v) is 9.48. The van der Waals surface area contributed by atoms with E-state index in [9.17, 15) is 24.3 Å². The standard InChI is InChI=1S/C22H24N2O7/c1-13(25)30-19-9-8-16(12-20(19)31-14(2)26)11-18(22(28)29)24-21(27)17(23)10-15-6-4-3-5-7-15/h3-9,12,17-18H,10-11,23H2,1-2H3,(H,24,27)(H,28,29)/t17-,18-/m0/s1. The average Bonchev–Trinajstić information content (AvgIpc) is 2.69. The molecule has 0 aliphatic heterocycles. The Bertz CT molecular complexity index is 960. The minimum atomic E-state index is -1.26. The fourth-order valence-electron chi connectivity index (χ4n) is 2.83. The van der Waals surface area contributed by atoms with Crippen LogP contribution in [0.3, 0.4) is 0 Å². The number of hydrogen-bond acceptors (Lipinski definition) is 7. The van der Waals surface area contributed by atoms with E-state index in [-0.39, 0.29) is 24.3 Å². The number of nitrogens with two attached hydrogens (primary N) is 1. The number of aliphatic carboxylic acids is 1. The minimum Gasteiger partial charge on any atom is -0.480 e. The van der Waals surface area contributed by atoms with Crippen LogP contribution < -0.4 is 20.5 Å². The first kappa shape index (κ1) is 23.6. The third-order valence-electron chi connectivity index (χ3n) is 4.21. The third kappa shape index (κ3) is 7.56. The molecular weight excluding hydrogens is 404 g/mol. The number of carboxylic acid groups (broad SMARTS) is 1. The fraction of sp³-hybridized carbons (Fsp3) is 0.273. The first-order valence-electron chi connectivity index (χ1n) is 9.48.